The fourth-order valence-electron chi connectivity index (χ4n) is 1.02. The van der Waals surface area contributed by atoms with Crippen molar-refractivity contribution in [2.24, 2.45) is 0 Å². The van der Waals surface area contributed by atoms with E-state index < -0.39 is 0 Å². The minimum Gasteiger partial charge on any atom is -0.480 e. The molecule has 2 rings (SSSR count). The van der Waals surface area contributed by atoms with Gasteiger partial charge in [-0.3, -0.25) is 0 Å². The van der Waals surface area contributed by atoms with Gasteiger partial charge < -0.3 is 4.74 Å². The van der Waals surface area contributed by atoms with E-state index in [1.807, 2.05) is 0 Å². The van der Waals surface area contributed by atoms with Crippen LogP contribution >= 0.6 is 34.2 Å². The first-order valence-electron chi connectivity index (χ1n) is 4.27. The zero-order chi connectivity index (χ0) is 11.5. The van der Waals surface area contributed by atoms with Crippen molar-refractivity contribution in [1.82, 2.24) is 20.2 Å². The van der Waals surface area contributed by atoms with Crippen LogP contribution in [0.4, 0.5) is 0 Å². The molecule has 82 valence electrons. The van der Waals surface area contributed by atoms with Crippen molar-refractivity contribution < 1.29 is 4.74 Å². The van der Waals surface area contributed by atoms with E-state index in [9.17, 15) is 0 Å². The van der Waals surface area contributed by atoms with Crippen molar-refractivity contribution in [1.29, 1.82) is 0 Å². The maximum Gasteiger partial charge on any atom is 0.233 e. The Bertz CT molecular complexity index is 505. The lowest BCUT2D eigenvalue weighted by atomic mass is 10.3. The molecule has 0 atom stereocenters. The highest BCUT2D eigenvalue weighted by atomic mass is 127. The highest BCUT2D eigenvalue weighted by molar-refractivity contribution is 14.1. The van der Waals surface area contributed by atoms with E-state index in [1.165, 1.54) is 7.11 Å². The molecule has 2 heterocycles. The summed E-state index contributed by atoms with van der Waals surface area (Å²) in [7, 11) is 1.53. The summed E-state index contributed by atoms with van der Waals surface area (Å²) in [5.74, 6) is 0.890. The highest BCUT2D eigenvalue weighted by Crippen LogP contribution is 2.19. The predicted molar refractivity (Wildman–Crippen MR) is 67.3 cm³/mol. The van der Waals surface area contributed by atoms with E-state index in [2.05, 4.69) is 42.8 Å². The summed E-state index contributed by atoms with van der Waals surface area (Å²) >= 11 is 7.95. The van der Waals surface area contributed by atoms with Crippen LogP contribution in [0.1, 0.15) is 0 Å². The van der Waals surface area contributed by atoms with Gasteiger partial charge >= 0.3 is 0 Å². The smallest absolute Gasteiger partial charge is 0.233 e. The summed E-state index contributed by atoms with van der Waals surface area (Å²) in [6.07, 6.45) is 1.64. The van der Waals surface area contributed by atoms with Gasteiger partial charge in [-0.2, -0.15) is 0 Å². The van der Waals surface area contributed by atoms with Crippen LogP contribution in [0.15, 0.2) is 18.3 Å². The lowest BCUT2D eigenvalue weighted by molar-refractivity contribution is 0.392. The molecule has 0 aliphatic heterocycles. The second-order valence-electron chi connectivity index (χ2n) is 2.79. The molecule has 7 heteroatoms. The Labute approximate surface area is 110 Å². The third-order valence-corrected chi connectivity index (χ3v) is 3.18. The number of aromatic nitrogens is 4. The molecule has 0 aliphatic rings. The van der Waals surface area contributed by atoms with Crippen molar-refractivity contribution in [2.75, 3.05) is 7.11 Å². The molecule has 0 aliphatic carbocycles. The standard InChI is InChI=1S/C9H6ClIN4O/c1-16-7-3-2-6(14-15-7)9-12-4-5(11)8(10)13-9/h2-4H,1H3. The molecule has 5 nitrogen and oxygen atoms in total. The van der Waals surface area contributed by atoms with E-state index in [0.29, 0.717) is 22.6 Å². The first-order valence-corrected chi connectivity index (χ1v) is 5.72. The zero-order valence-electron chi connectivity index (χ0n) is 8.19. The summed E-state index contributed by atoms with van der Waals surface area (Å²) in [6, 6.07) is 3.42. The molecule has 0 saturated carbocycles. The van der Waals surface area contributed by atoms with E-state index in [-0.39, 0.29) is 0 Å². The minimum atomic E-state index is 0.406. The third kappa shape index (κ3) is 2.38. The van der Waals surface area contributed by atoms with Gasteiger partial charge in [0, 0.05) is 12.3 Å². The van der Waals surface area contributed by atoms with E-state index in [1.54, 1.807) is 18.3 Å². The molecular weight excluding hydrogens is 342 g/mol. The Morgan fingerprint density at radius 2 is 2.12 bits per heavy atom. The van der Waals surface area contributed by atoms with Crippen LogP contribution in [-0.2, 0) is 0 Å². The van der Waals surface area contributed by atoms with E-state index in [4.69, 9.17) is 16.3 Å². The molecule has 0 unspecified atom stereocenters. The number of rotatable bonds is 2. The Kier molecular flexibility index (Phi) is 3.49. The number of ether oxygens (including phenoxy) is 1. The maximum absolute atomic E-state index is 5.89. The minimum absolute atomic E-state index is 0.406. The van der Waals surface area contributed by atoms with Crippen LogP contribution in [0.3, 0.4) is 0 Å². The second kappa shape index (κ2) is 4.88. The van der Waals surface area contributed by atoms with Crippen LogP contribution in [-0.4, -0.2) is 27.3 Å². The van der Waals surface area contributed by atoms with Gasteiger partial charge in [0.05, 0.1) is 10.7 Å². The Morgan fingerprint density at radius 3 is 2.69 bits per heavy atom. The molecule has 0 fully saturated rings. The molecule has 0 bridgehead atoms. The number of hydrogen-bond donors (Lipinski definition) is 0. The Hall–Kier alpha value is -1.02. The van der Waals surface area contributed by atoms with Gasteiger partial charge in [-0.1, -0.05) is 11.6 Å². The normalized spacial score (nSPS) is 10.2. The van der Waals surface area contributed by atoms with Crippen molar-refractivity contribution in [2.45, 2.75) is 0 Å². The number of hydrogen-bond acceptors (Lipinski definition) is 5. The van der Waals surface area contributed by atoms with Gasteiger partial charge in [-0.05, 0) is 28.7 Å². The SMILES string of the molecule is COc1ccc(-c2ncc(I)c(Cl)n2)nn1. The molecule has 0 radical (unpaired) electrons. The van der Waals surface area contributed by atoms with Gasteiger partial charge in [-0.15, -0.1) is 10.2 Å². The Morgan fingerprint density at radius 1 is 1.31 bits per heavy atom. The number of methoxy groups -OCH3 is 1. The van der Waals surface area contributed by atoms with Crippen molar-refractivity contribution in [3.05, 3.63) is 27.1 Å². The molecular formula is C9H6ClIN4O. The van der Waals surface area contributed by atoms with Crippen LogP contribution in [0, 0.1) is 3.57 Å². The first-order chi connectivity index (χ1) is 7.70. The topological polar surface area (TPSA) is 60.8 Å². The van der Waals surface area contributed by atoms with Crippen LogP contribution < -0.4 is 4.74 Å². The average molecular weight is 349 g/mol. The summed E-state index contributed by atoms with van der Waals surface area (Å²) in [4.78, 5) is 8.22. The molecule has 0 amide bonds. The van der Waals surface area contributed by atoms with Crippen LogP contribution in [0.5, 0.6) is 5.88 Å². The van der Waals surface area contributed by atoms with Gasteiger partial charge in [0.25, 0.3) is 0 Å². The zero-order valence-corrected chi connectivity index (χ0v) is 11.1. The third-order valence-electron chi connectivity index (χ3n) is 1.78. The first kappa shape index (κ1) is 11.5. The van der Waals surface area contributed by atoms with Crippen LogP contribution in [0.2, 0.25) is 5.15 Å². The largest absolute Gasteiger partial charge is 0.480 e. The molecule has 2 aromatic rings. The van der Waals surface area contributed by atoms with Crippen molar-refractivity contribution in [3.63, 3.8) is 0 Å². The van der Waals surface area contributed by atoms with Crippen molar-refractivity contribution in [3.8, 4) is 17.4 Å². The lowest BCUT2D eigenvalue weighted by Crippen LogP contribution is -1.96. The van der Waals surface area contributed by atoms with Gasteiger partial charge in [0.2, 0.25) is 5.88 Å². The fraction of sp³-hybridized carbons (Fsp3) is 0.111. The molecule has 0 N–H and O–H groups in total. The molecule has 0 saturated heterocycles. The summed E-state index contributed by atoms with van der Waals surface area (Å²) in [6.45, 7) is 0. The van der Waals surface area contributed by atoms with Crippen LogP contribution in [0.25, 0.3) is 11.5 Å². The predicted octanol–water partition coefficient (Wildman–Crippen LogP) is 2.20. The molecule has 0 spiro atoms. The maximum atomic E-state index is 5.89. The summed E-state index contributed by atoms with van der Waals surface area (Å²) < 4.78 is 5.70. The van der Waals surface area contributed by atoms with E-state index >= 15 is 0 Å². The van der Waals surface area contributed by atoms with Gasteiger partial charge in [0.15, 0.2) is 5.82 Å². The summed E-state index contributed by atoms with van der Waals surface area (Å²) in [5, 5.41) is 8.16. The van der Waals surface area contributed by atoms with Gasteiger partial charge in [-0.25, -0.2) is 9.97 Å². The second-order valence-corrected chi connectivity index (χ2v) is 4.31. The lowest BCUT2D eigenvalue weighted by Gasteiger charge is -2.01. The number of nitrogens with zero attached hydrogens (tertiary/aromatic N) is 4. The highest BCUT2D eigenvalue weighted by Gasteiger charge is 2.07. The van der Waals surface area contributed by atoms with E-state index in [0.717, 1.165) is 3.57 Å². The monoisotopic (exact) mass is 348 g/mol. The molecule has 16 heavy (non-hydrogen) atoms. The quantitative estimate of drug-likeness (QED) is 0.615. The van der Waals surface area contributed by atoms with Gasteiger partial charge in [0.1, 0.15) is 10.8 Å². The Balaban J connectivity index is 2.38. The fourth-order valence-corrected chi connectivity index (χ4v) is 1.41. The average Bonchev–Trinajstić information content (AvgIpc) is 2.33. The summed E-state index contributed by atoms with van der Waals surface area (Å²) in [5.41, 5.74) is 0.555. The molecule has 2 aromatic heterocycles. The molecule has 0 aromatic carbocycles. The number of halogens is 2. The van der Waals surface area contributed by atoms with Crippen molar-refractivity contribution >= 4 is 34.2 Å².